The number of hydrogen-bond donors (Lipinski definition) is 0. The van der Waals surface area contributed by atoms with Gasteiger partial charge in [-0.3, -0.25) is 4.79 Å². The van der Waals surface area contributed by atoms with Crippen LogP contribution in [-0.4, -0.2) is 28.0 Å². The minimum absolute atomic E-state index is 0.0756. The zero-order valence-corrected chi connectivity index (χ0v) is 16.4. The van der Waals surface area contributed by atoms with Crippen molar-refractivity contribution in [3.63, 3.8) is 0 Å². The predicted octanol–water partition coefficient (Wildman–Crippen LogP) is 4.74. The van der Waals surface area contributed by atoms with Crippen molar-refractivity contribution < 1.29 is 13.7 Å². The Balaban J connectivity index is 1.76. The van der Waals surface area contributed by atoms with E-state index in [0.717, 1.165) is 4.90 Å². The largest absolute Gasteiger partial charge is 0.338 e. The molecule has 0 spiro atoms. The Bertz CT molecular complexity index is 943. The van der Waals surface area contributed by atoms with E-state index in [1.165, 1.54) is 28.8 Å². The summed E-state index contributed by atoms with van der Waals surface area (Å²) in [6.07, 6.45) is 0. The van der Waals surface area contributed by atoms with Gasteiger partial charge in [-0.2, -0.15) is 4.98 Å². The summed E-state index contributed by atoms with van der Waals surface area (Å²) in [4.78, 5) is 19.3. The third-order valence-corrected chi connectivity index (χ3v) is 5.25. The summed E-state index contributed by atoms with van der Waals surface area (Å²) in [6, 6.07) is 11.7. The van der Waals surface area contributed by atoms with Crippen molar-refractivity contribution in [2.75, 3.05) is 7.05 Å². The molecule has 0 saturated heterocycles. The van der Waals surface area contributed by atoms with Gasteiger partial charge in [-0.15, -0.1) is 11.8 Å². The SMILES string of the molecule is Cc1noc(CSc2ccccc2C(=O)N(C)Cc2c(F)cccc2Cl)n1. The zero-order valence-electron chi connectivity index (χ0n) is 14.8. The first-order valence-corrected chi connectivity index (χ1v) is 9.51. The molecule has 0 aliphatic heterocycles. The molecule has 8 heteroatoms. The van der Waals surface area contributed by atoms with Crippen LogP contribution >= 0.6 is 23.4 Å². The average Bonchev–Trinajstić information content (AvgIpc) is 3.08. The van der Waals surface area contributed by atoms with Crippen LogP contribution in [0.3, 0.4) is 0 Å². The molecular weight excluding hydrogens is 389 g/mol. The van der Waals surface area contributed by atoms with Crippen LogP contribution in [0, 0.1) is 12.7 Å². The number of amides is 1. The van der Waals surface area contributed by atoms with E-state index in [2.05, 4.69) is 10.1 Å². The molecule has 0 fully saturated rings. The molecule has 0 N–H and O–H groups in total. The molecule has 1 amide bonds. The Labute approximate surface area is 165 Å². The second kappa shape index (κ2) is 8.54. The summed E-state index contributed by atoms with van der Waals surface area (Å²) in [5.74, 6) is 0.854. The fraction of sp³-hybridized carbons (Fsp3) is 0.211. The molecule has 3 aromatic rings. The fourth-order valence-electron chi connectivity index (χ4n) is 2.51. The molecule has 0 bridgehead atoms. The van der Waals surface area contributed by atoms with Crippen molar-refractivity contribution >= 4 is 29.3 Å². The first-order valence-electron chi connectivity index (χ1n) is 8.15. The molecule has 27 heavy (non-hydrogen) atoms. The summed E-state index contributed by atoms with van der Waals surface area (Å²) < 4.78 is 19.1. The fourth-order valence-corrected chi connectivity index (χ4v) is 3.61. The first kappa shape index (κ1) is 19.4. The van der Waals surface area contributed by atoms with Crippen molar-refractivity contribution in [1.82, 2.24) is 15.0 Å². The van der Waals surface area contributed by atoms with Gasteiger partial charge in [0, 0.05) is 29.1 Å². The zero-order chi connectivity index (χ0) is 19.4. The van der Waals surface area contributed by atoms with Gasteiger partial charge in [-0.05, 0) is 31.2 Å². The van der Waals surface area contributed by atoms with Crippen LogP contribution in [0.1, 0.15) is 27.6 Å². The van der Waals surface area contributed by atoms with Gasteiger partial charge in [0.1, 0.15) is 5.82 Å². The van der Waals surface area contributed by atoms with Crippen LogP contribution in [0.4, 0.5) is 4.39 Å². The van der Waals surface area contributed by atoms with E-state index in [9.17, 15) is 9.18 Å². The van der Waals surface area contributed by atoms with Gasteiger partial charge < -0.3 is 9.42 Å². The molecule has 0 aliphatic rings. The van der Waals surface area contributed by atoms with E-state index in [0.29, 0.717) is 33.6 Å². The number of carbonyl (C=O) groups excluding carboxylic acids is 1. The van der Waals surface area contributed by atoms with Gasteiger partial charge in [-0.1, -0.05) is 35.0 Å². The Kier molecular flexibility index (Phi) is 6.13. The lowest BCUT2D eigenvalue weighted by atomic mass is 10.1. The van der Waals surface area contributed by atoms with Crippen molar-refractivity contribution in [2.45, 2.75) is 24.1 Å². The van der Waals surface area contributed by atoms with E-state index in [1.807, 2.05) is 12.1 Å². The third kappa shape index (κ3) is 4.67. The quantitative estimate of drug-likeness (QED) is 0.554. The van der Waals surface area contributed by atoms with Gasteiger partial charge >= 0.3 is 0 Å². The second-order valence-corrected chi connectivity index (χ2v) is 7.31. The third-order valence-electron chi connectivity index (χ3n) is 3.84. The van der Waals surface area contributed by atoms with Crippen molar-refractivity contribution in [1.29, 1.82) is 0 Å². The van der Waals surface area contributed by atoms with Gasteiger partial charge in [0.15, 0.2) is 5.82 Å². The normalized spacial score (nSPS) is 10.8. The Hall–Kier alpha value is -2.38. The smallest absolute Gasteiger partial charge is 0.255 e. The van der Waals surface area contributed by atoms with Crippen molar-refractivity contribution in [3.05, 3.63) is 76.1 Å². The molecular formula is C19H17ClFN3O2S. The maximum atomic E-state index is 14.0. The minimum atomic E-state index is -0.434. The van der Waals surface area contributed by atoms with Crippen LogP contribution in [0.15, 0.2) is 51.9 Å². The number of aryl methyl sites for hydroxylation is 1. The van der Waals surface area contributed by atoms with E-state index in [-0.39, 0.29) is 12.5 Å². The molecule has 0 unspecified atom stereocenters. The van der Waals surface area contributed by atoms with E-state index >= 15 is 0 Å². The monoisotopic (exact) mass is 405 g/mol. The van der Waals surface area contributed by atoms with E-state index < -0.39 is 5.82 Å². The molecule has 2 aromatic carbocycles. The van der Waals surface area contributed by atoms with Crippen LogP contribution in [0.2, 0.25) is 5.02 Å². The highest BCUT2D eigenvalue weighted by molar-refractivity contribution is 7.98. The highest BCUT2D eigenvalue weighted by atomic mass is 35.5. The second-order valence-electron chi connectivity index (χ2n) is 5.88. The number of benzene rings is 2. The molecule has 0 saturated carbocycles. The number of thioether (sulfide) groups is 1. The minimum Gasteiger partial charge on any atom is -0.338 e. The first-order chi connectivity index (χ1) is 13.0. The Morgan fingerprint density at radius 1 is 1.26 bits per heavy atom. The number of aromatic nitrogens is 2. The molecule has 1 heterocycles. The van der Waals surface area contributed by atoms with E-state index in [4.69, 9.17) is 16.1 Å². The number of hydrogen-bond acceptors (Lipinski definition) is 5. The van der Waals surface area contributed by atoms with Crippen LogP contribution in [0.5, 0.6) is 0 Å². The summed E-state index contributed by atoms with van der Waals surface area (Å²) in [6.45, 7) is 1.82. The standard InChI is InChI=1S/C19H17ClFN3O2S/c1-12-22-18(26-23-12)11-27-17-9-4-3-6-13(17)19(25)24(2)10-14-15(20)7-5-8-16(14)21/h3-9H,10-11H2,1-2H3. The summed E-state index contributed by atoms with van der Waals surface area (Å²) in [5.41, 5.74) is 0.815. The Morgan fingerprint density at radius 2 is 2.04 bits per heavy atom. The van der Waals surface area contributed by atoms with Gasteiger partial charge in [0.2, 0.25) is 5.89 Å². The lowest BCUT2D eigenvalue weighted by molar-refractivity contribution is 0.0780. The molecule has 0 atom stereocenters. The lowest BCUT2D eigenvalue weighted by Crippen LogP contribution is -2.27. The van der Waals surface area contributed by atoms with Gasteiger partial charge in [0.05, 0.1) is 11.3 Å². The average molecular weight is 406 g/mol. The molecule has 140 valence electrons. The number of nitrogens with zero attached hydrogens (tertiary/aromatic N) is 3. The number of halogens is 2. The van der Waals surface area contributed by atoms with Crippen LogP contribution in [-0.2, 0) is 12.3 Å². The number of carbonyl (C=O) groups is 1. The maximum Gasteiger partial charge on any atom is 0.255 e. The molecule has 5 nitrogen and oxygen atoms in total. The molecule has 3 rings (SSSR count). The highest BCUT2D eigenvalue weighted by Crippen LogP contribution is 2.27. The topological polar surface area (TPSA) is 59.2 Å². The van der Waals surface area contributed by atoms with Crippen LogP contribution in [0.25, 0.3) is 0 Å². The van der Waals surface area contributed by atoms with Gasteiger partial charge in [0.25, 0.3) is 5.91 Å². The Morgan fingerprint density at radius 3 is 2.74 bits per heavy atom. The summed E-state index contributed by atoms with van der Waals surface area (Å²) in [5, 5.41) is 4.05. The van der Waals surface area contributed by atoms with Crippen molar-refractivity contribution in [3.8, 4) is 0 Å². The summed E-state index contributed by atoms with van der Waals surface area (Å²) in [7, 11) is 1.62. The maximum absolute atomic E-state index is 14.0. The van der Waals surface area contributed by atoms with Crippen LogP contribution < -0.4 is 0 Å². The van der Waals surface area contributed by atoms with E-state index in [1.54, 1.807) is 32.2 Å². The van der Waals surface area contributed by atoms with Crippen molar-refractivity contribution in [2.24, 2.45) is 0 Å². The molecule has 1 aromatic heterocycles. The summed E-state index contributed by atoms with van der Waals surface area (Å²) >= 11 is 7.50. The molecule has 0 aliphatic carbocycles. The predicted molar refractivity (Wildman–Crippen MR) is 102 cm³/mol. The highest BCUT2D eigenvalue weighted by Gasteiger charge is 2.19. The van der Waals surface area contributed by atoms with Gasteiger partial charge in [-0.25, -0.2) is 4.39 Å². The molecule has 0 radical (unpaired) electrons. The number of rotatable bonds is 6. The lowest BCUT2D eigenvalue weighted by Gasteiger charge is -2.20.